The van der Waals surface area contributed by atoms with Gasteiger partial charge in [-0.2, -0.15) is 0 Å². The molecule has 0 amide bonds. The van der Waals surface area contributed by atoms with Gasteiger partial charge in [-0.25, -0.2) is 0 Å². The van der Waals surface area contributed by atoms with E-state index in [1.54, 1.807) is 4.90 Å². The number of aliphatic hydroxyl groups is 1. The second-order valence-corrected chi connectivity index (χ2v) is 3.07. The van der Waals surface area contributed by atoms with E-state index in [2.05, 4.69) is 4.90 Å². The largest absolute Gasteiger partial charge is 0.395 e. The van der Waals surface area contributed by atoms with E-state index in [4.69, 9.17) is 15.7 Å². The average molecular weight is 150 g/mol. The fourth-order valence-corrected chi connectivity index (χ4v) is 1.16. The first-order chi connectivity index (χ1) is 5.00. The van der Waals surface area contributed by atoms with E-state index in [-0.39, 0.29) is 0 Å². The van der Waals surface area contributed by atoms with Crippen LogP contribution in [0, 0.1) is 0 Å². The average Bonchev–Trinajstić information content (AvgIpc) is 1.86. The number of hydrogen-bond donors (Lipinski definition) is 1. The maximum absolute atomic E-state index is 9.19. The smallest absolute Gasteiger partial charge is 0.120 e. The Morgan fingerprint density at radius 3 is 2.00 bits per heavy atom. The van der Waals surface area contributed by atoms with Crippen LogP contribution in [0.2, 0.25) is 0 Å². The van der Waals surface area contributed by atoms with Crippen molar-refractivity contribution in [2.24, 2.45) is 0 Å². The van der Waals surface area contributed by atoms with Crippen LogP contribution < -0.4 is 0 Å². The molecule has 1 saturated heterocycles. The zero-order chi connectivity index (χ0) is 8.48. The van der Waals surface area contributed by atoms with E-state index in [9.17, 15) is 5.11 Å². The van der Waals surface area contributed by atoms with Crippen LogP contribution in [0.4, 0.5) is 0 Å². The summed E-state index contributed by atoms with van der Waals surface area (Å²) in [5.74, 6) is 0. The first kappa shape index (κ1) is 9.10. The van der Waals surface area contributed by atoms with Crippen LogP contribution in [-0.4, -0.2) is 69.3 Å². The Bertz CT molecular complexity index is 129. The predicted octanol–water partition coefficient (Wildman–Crippen LogP) is -1.83. The Balaban J connectivity index is 2.39. The van der Waals surface area contributed by atoms with Gasteiger partial charge in [0, 0.05) is 31.7 Å². The summed E-state index contributed by atoms with van der Waals surface area (Å²) in [7, 11) is 12.6. The van der Waals surface area contributed by atoms with Crippen LogP contribution >= 0.6 is 0 Å². The SMILES string of the molecule is [B]C([B])(O)N1CCN(C)CC1. The number of nitrogens with zero attached hydrogens (tertiary/aromatic N) is 2. The van der Waals surface area contributed by atoms with Crippen LogP contribution in [0.3, 0.4) is 0 Å². The fourth-order valence-electron chi connectivity index (χ4n) is 1.16. The molecule has 1 heterocycles. The van der Waals surface area contributed by atoms with Gasteiger partial charge in [0.05, 0.1) is 0 Å². The van der Waals surface area contributed by atoms with Crippen molar-refractivity contribution >= 4 is 15.7 Å². The molecular formula is C6H12B2N2O. The first-order valence-corrected chi connectivity index (χ1v) is 3.74. The van der Waals surface area contributed by atoms with Gasteiger partial charge in [0.2, 0.25) is 0 Å². The molecule has 0 aromatic rings. The monoisotopic (exact) mass is 150 g/mol. The van der Waals surface area contributed by atoms with Crippen molar-refractivity contribution in [1.29, 1.82) is 0 Å². The van der Waals surface area contributed by atoms with E-state index in [1.807, 2.05) is 7.05 Å². The molecule has 1 N–H and O–H groups in total. The van der Waals surface area contributed by atoms with Crippen LogP contribution in [-0.2, 0) is 0 Å². The van der Waals surface area contributed by atoms with Crippen LogP contribution in [0.15, 0.2) is 0 Å². The molecule has 1 aliphatic rings. The summed E-state index contributed by atoms with van der Waals surface area (Å²) in [6, 6.07) is 0. The third kappa shape index (κ3) is 2.51. The molecule has 5 heteroatoms. The molecule has 0 aromatic carbocycles. The maximum atomic E-state index is 9.19. The van der Waals surface area contributed by atoms with Gasteiger partial charge in [0.25, 0.3) is 0 Å². The van der Waals surface area contributed by atoms with E-state index < -0.39 is 5.52 Å². The van der Waals surface area contributed by atoms with Crippen molar-refractivity contribution < 1.29 is 5.11 Å². The van der Waals surface area contributed by atoms with E-state index in [0.29, 0.717) is 0 Å². The Kier molecular flexibility index (Phi) is 2.62. The summed E-state index contributed by atoms with van der Waals surface area (Å²) in [6.45, 7) is 3.24. The van der Waals surface area contributed by atoms with Gasteiger partial charge in [-0.05, 0) is 7.05 Å². The van der Waals surface area contributed by atoms with Gasteiger partial charge in [-0.15, -0.1) is 0 Å². The summed E-state index contributed by atoms with van der Waals surface area (Å²) in [6.07, 6.45) is 0. The molecule has 0 atom stereocenters. The lowest BCUT2D eigenvalue weighted by molar-refractivity contribution is 0.00178. The second-order valence-electron chi connectivity index (χ2n) is 3.07. The van der Waals surface area contributed by atoms with E-state index in [1.165, 1.54) is 0 Å². The Morgan fingerprint density at radius 2 is 1.64 bits per heavy atom. The minimum Gasteiger partial charge on any atom is -0.395 e. The summed E-state index contributed by atoms with van der Waals surface area (Å²) in [5, 5.41) is 9.19. The molecule has 1 fully saturated rings. The topological polar surface area (TPSA) is 26.7 Å². The molecular weight excluding hydrogens is 138 g/mol. The van der Waals surface area contributed by atoms with Gasteiger partial charge in [0.1, 0.15) is 15.7 Å². The highest BCUT2D eigenvalue weighted by Gasteiger charge is 2.24. The highest BCUT2D eigenvalue weighted by atomic mass is 16.3. The minimum absolute atomic E-state index is 0.722. The lowest BCUT2D eigenvalue weighted by atomic mass is 9.71. The Morgan fingerprint density at radius 1 is 1.18 bits per heavy atom. The summed E-state index contributed by atoms with van der Waals surface area (Å²) < 4.78 is 0. The summed E-state index contributed by atoms with van der Waals surface area (Å²) in [4.78, 5) is 3.83. The van der Waals surface area contributed by atoms with Gasteiger partial charge in [-0.1, -0.05) is 0 Å². The zero-order valence-corrected chi connectivity index (χ0v) is 6.82. The van der Waals surface area contributed by atoms with Crippen molar-refractivity contribution in [3.8, 4) is 0 Å². The predicted molar refractivity (Wildman–Crippen MR) is 45.5 cm³/mol. The summed E-state index contributed by atoms with van der Waals surface area (Å²) in [5.41, 5.74) is -1.64. The summed E-state index contributed by atoms with van der Waals surface area (Å²) >= 11 is 0. The molecule has 4 radical (unpaired) electrons. The van der Waals surface area contributed by atoms with Gasteiger partial charge >= 0.3 is 0 Å². The van der Waals surface area contributed by atoms with Crippen LogP contribution in [0.5, 0.6) is 0 Å². The standard InChI is InChI=1S/C6H12B2N2O/c1-9-2-4-10(5-3-9)6(7,8)11/h11H,2-5H2,1H3. The molecule has 1 aliphatic heterocycles. The Hall–Kier alpha value is 0.00987. The molecule has 0 unspecified atom stereocenters. The molecule has 0 bridgehead atoms. The molecule has 58 valence electrons. The lowest BCUT2D eigenvalue weighted by Crippen LogP contribution is -2.57. The van der Waals surface area contributed by atoms with Crippen molar-refractivity contribution in [3.05, 3.63) is 0 Å². The number of rotatable bonds is 1. The third-order valence-corrected chi connectivity index (χ3v) is 2.01. The number of hydrogen-bond acceptors (Lipinski definition) is 3. The number of piperazine rings is 1. The molecule has 0 saturated carbocycles. The van der Waals surface area contributed by atoms with Crippen molar-refractivity contribution in [2.45, 2.75) is 5.52 Å². The fraction of sp³-hybridized carbons (Fsp3) is 1.00. The van der Waals surface area contributed by atoms with Crippen LogP contribution in [0.1, 0.15) is 0 Å². The normalized spacial score (nSPS) is 23.8. The highest BCUT2D eigenvalue weighted by molar-refractivity contribution is 6.38. The van der Waals surface area contributed by atoms with Crippen molar-refractivity contribution in [3.63, 3.8) is 0 Å². The maximum Gasteiger partial charge on any atom is 0.120 e. The van der Waals surface area contributed by atoms with Gasteiger partial charge in [-0.3, -0.25) is 4.90 Å². The van der Waals surface area contributed by atoms with Gasteiger partial charge in [0.15, 0.2) is 0 Å². The third-order valence-electron chi connectivity index (χ3n) is 2.01. The highest BCUT2D eigenvalue weighted by Crippen LogP contribution is 2.06. The minimum atomic E-state index is -1.64. The van der Waals surface area contributed by atoms with Crippen LogP contribution in [0.25, 0.3) is 0 Å². The zero-order valence-electron chi connectivity index (χ0n) is 6.82. The van der Waals surface area contributed by atoms with E-state index in [0.717, 1.165) is 26.2 Å². The Labute approximate surface area is 70.2 Å². The lowest BCUT2D eigenvalue weighted by Gasteiger charge is -2.40. The van der Waals surface area contributed by atoms with Crippen molar-refractivity contribution in [1.82, 2.24) is 9.80 Å². The molecule has 0 aliphatic carbocycles. The molecule has 1 rings (SSSR count). The van der Waals surface area contributed by atoms with E-state index >= 15 is 0 Å². The second kappa shape index (κ2) is 3.17. The van der Waals surface area contributed by atoms with Crippen molar-refractivity contribution in [2.75, 3.05) is 33.2 Å². The molecule has 11 heavy (non-hydrogen) atoms. The molecule has 0 aromatic heterocycles. The quantitative estimate of drug-likeness (QED) is 0.445. The number of likely N-dealkylation sites (N-methyl/N-ethyl adjacent to an activating group) is 1. The van der Waals surface area contributed by atoms with Gasteiger partial charge < -0.3 is 10.0 Å². The molecule has 0 spiro atoms. The molecule has 3 nitrogen and oxygen atoms in total. The first-order valence-electron chi connectivity index (χ1n) is 3.74.